The van der Waals surface area contributed by atoms with Gasteiger partial charge in [-0.25, -0.2) is 0 Å². The van der Waals surface area contributed by atoms with E-state index in [1.54, 1.807) is 12.1 Å². The molecule has 4 rings (SSSR count). The van der Waals surface area contributed by atoms with Gasteiger partial charge in [0.05, 0.1) is 13.0 Å². The monoisotopic (exact) mass is 426 g/mol. The Morgan fingerprint density at radius 2 is 1.93 bits per heavy atom. The van der Waals surface area contributed by atoms with Crippen LogP contribution in [0.5, 0.6) is 5.75 Å². The van der Waals surface area contributed by atoms with Crippen LogP contribution in [0.3, 0.4) is 0 Å². The van der Waals surface area contributed by atoms with E-state index in [0.29, 0.717) is 41.9 Å². The highest BCUT2D eigenvalue weighted by molar-refractivity contribution is 6.31. The number of likely N-dealkylation sites (tertiary alicyclic amines) is 1. The van der Waals surface area contributed by atoms with Crippen LogP contribution in [0.4, 0.5) is 0 Å². The first kappa shape index (κ1) is 20.7. The molecule has 2 aromatic carbocycles. The van der Waals surface area contributed by atoms with Crippen LogP contribution >= 0.6 is 11.6 Å². The minimum absolute atomic E-state index is 0.0445. The molecule has 1 aliphatic carbocycles. The third kappa shape index (κ3) is 5.54. The van der Waals surface area contributed by atoms with Crippen molar-refractivity contribution in [2.24, 2.45) is 5.92 Å². The van der Waals surface area contributed by atoms with E-state index >= 15 is 0 Å². The molecule has 6 heteroatoms. The zero-order valence-corrected chi connectivity index (χ0v) is 17.7. The number of piperidine rings is 1. The van der Waals surface area contributed by atoms with Crippen LogP contribution in [0, 0.1) is 5.92 Å². The van der Waals surface area contributed by atoms with Gasteiger partial charge in [0, 0.05) is 35.6 Å². The number of hydrogen-bond donors (Lipinski definition) is 1. The average molecular weight is 427 g/mol. The Balaban J connectivity index is 1.29. The molecule has 1 aliphatic heterocycles. The smallest absolute Gasteiger partial charge is 0.251 e. The van der Waals surface area contributed by atoms with Gasteiger partial charge in [-0.3, -0.25) is 9.59 Å². The minimum atomic E-state index is -0.0445. The zero-order valence-electron chi connectivity index (χ0n) is 17.0. The molecule has 0 spiro atoms. The van der Waals surface area contributed by atoms with Gasteiger partial charge in [-0.2, -0.15) is 0 Å². The lowest BCUT2D eigenvalue weighted by atomic mass is 9.98. The van der Waals surface area contributed by atoms with Crippen molar-refractivity contribution in [1.82, 2.24) is 10.2 Å². The Labute approximate surface area is 182 Å². The second kappa shape index (κ2) is 9.52. The standard InChI is InChI=1S/C24H27ClN2O3/c25-22-9-2-1-6-18(22)14-23(28)27-12-4-5-17(15-27)16-30-21-8-3-7-19(13-21)24(29)26-20-10-11-20/h1-3,6-9,13,17,20H,4-5,10-12,14-16H2,(H,26,29)/t17-/m0/s1. The molecule has 5 nitrogen and oxygen atoms in total. The summed E-state index contributed by atoms with van der Waals surface area (Å²) in [6.45, 7) is 1.99. The Hall–Kier alpha value is -2.53. The van der Waals surface area contributed by atoms with Crippen LogP contribution in [0.25, 0.3) is 0 Å². The lowest BCUT2D eigenvalue weighted by Gasteiger charge is -2.33. The summed E-state index contributed by atoms with van der Waals surface area (Å²) >= 11 is 6.20. The first-order valence-electron chi connectivity index (χ1n) is 10.6. The minimum Gasteiger partial charge on any atom is -0.493 e. The normalized spacial score (nSPS) is 18.7. The van der Waals surface area contributed by atoms with Gasteiger partial charge in [-0.1, -0.05) is 35.9 Å². The highest BCUT2D eigenvalue weighted by Crippen LogP contribution is 2.23. The second-order valence-corrected chi connectivity index (χ2v) is 8.61. The molecule has 2 amide bonds. The molecule has 0 bridgehead atoms. The molecule has 1 atom stereocenters. The van der Waals surface area contributed by atoms with Crippen LogP contribution in [0.2, 0.25) is 5.02 Å². The molecule has 1 saturated heterocycles. The van der Waals surface area contributed by atoms with Gasteiger partial charge in [-0.15, -0.1) is 0 Å². The van der Waals surface area contributed by atoms with E-state index in [1.807, 2.05) is 41.3 Å². The fraction of sp³-hybridized carbons (Fsp3) is 0.417. The van der Waals surface area contributed by atoms with Crippen LogP contribution in [-0.2, 0) is 11.2 Å². The Bertz CT molecular complexity index is 913. The molecular formula is C24H27ClN2O3. The predicted molar refractivity (Wildman–Crippen MR) is 117 cm³/mol. The van der Waals surface area contributed by atoms with E-state index < -0.39 is 0 Å². The number of nitrogens with zero attached hydrogens (tertiary/aromatic N) is 1. The summed E-state index contributed by atoms with van der Waals surface area (Å²) in [7, 11) is 0. The second-order valence-electron chi connectivity index (χ2n) is 8.20. The van der Waals surface area contributed by atoms with Crippen molar-refractivity contribution in [1.29, 1.82) is 0 Å². The van der Waals surface area contributed by atoms with E-state index in [4.69, 9.17) is 16.3 Å². The largest absolute Gasteiger partial charge is 0.493 e. The van der Waals surface area contributed by atoms with Gasteiger partial charge in [0.15, 0.2) is 0 Å². The van der Waals surface area contributed by atoms with Crippen LogP contribution in [0.1, 0.15) is 41.6 Å². The average Bonchev–Trinajstić information content (AvgIpc) is 3.58. The lowest BCUT2D eigenvalue weighted by molar-refractivity contribution is -0.132. The number of nitrogens with one attached hydrogen (secondary N) is 1. The van der Waals surface area contributed by atoms with Crippen LogP contribution < -0.4 is 10.1 Å². The van der Waals surface area contributed by atoms with Crippen molar-refractivity contribution in [2.45, 2.75) is 38.1 Å². The molecule has 0 radical (unpaired) electrons. The molecule has 2 fully saturated rings. The lowest BCUT2D eigenvalue weighted by Crippen LogP contribution is -2.42. The number of amides is 2. The summed E-state index contributed by atoms with van der Waals surface area (Å²) < 4.78 is 5.98. The van der Waals surface area contributed by atoms with Crippen molar-refractivity contribution >= 4 is 23.4 Å². The fourth-order valence-corrected chi connectivity index (χ4v) is 3.98. The highest BCUT2D eigenvalue weighted by atomic mass is 35.5. The van der Waals surface area contributed by atoms with Gasteiger partial charge >= 0.3 is 0 Å². The first-order chi connectivity index (χ1) is 14.6. The molecule has 2 aliphatic rings. The summed E-state index contributed by atoms with van der Waals surface area (Å²) in [5, 5.41) is 3.63. The molecule has 1 heterocycles. The summed E-state index contributed by atoms with van der Waals surface area (Å²) in [5.41, 5.74) is 1.49. The maximum absolute atomic E-state index is 12.7. The highest BCUT2D eigenvalue weighted by Gasteiger charge is 2.25. The van der Waals surface area contributed by atoms with E-state index in [0.717, 1.165) is 37.8 Å². The van der Waals surface area contributed by atoms with Gasteiger partial charge < -0.3 is 15.0 Å². The number of ether oxygens (including phenoxy) is 1. The van der Waals surface area contributed by atoms with E-state index in [-0.39, 0.29) is 17.7 Å². The zero-order chi connectivity index (χ0) is 20.9. The maximum atomic E-state index is 12.7. The summed E-state index contributed by atoms with van der Waals surface area (Å²) in [5.74, 6) is 1.03. The molecule has 2 aromatic rings. The molecule has 30 heavy (non-hydrogen) atoms. The van der Waals surface area contributed by atoms with Gasteiger partial charge in [0.2, 0.25) is 5.91 Å². The molecule has 158 valence electrons. The number of carbonyl (C=O) groups excluding carboxylic acids is 2. The van der Waals surface area contributed by atoms with Gasteiger partial charge in [0.25, 0.3) is 5.91 Å². The Kier molecular flexibility index (Phi) is 6.58. The summed E-state index contributed by atoms with van der Waals surface area (Å²) in [4.78, 5) is 26.9. The number of hydrogen-bond acceptors (Lipinski definition) is 3. The number of carbonyl (C=O) groups is 2. The van der Waals surface area contributed by atoms with E-state index in [1.165, 1.54) is 0 Å². The topological polar surface area (TPSA) is 58.6 Å². The summed E-state index contributed by atoms with van der Waals surface area (Å²) in [6.07, 6.45) is 4.44. The summed E-state index contributed by atoms with van der Waals surface area (Å²) in [6, 6.07) is 15.1. The van der Waals surface area contributed by atoms with Crippen molar-refractivity contribution in [2.75, 3.05) is 19.7 Å². The molecular weight excluding hydrogens is 400 g/mol. The van der Waals surface area contributed by atoms with E-state index in [9.17, 15) is 9.59 Å². The number of halogens is 1. The van der Waals surface area contributed by atoms with E-state index in [2.05, 4.69) is 5.32 Å². The fourth-order valence-electron chi connectivity index (χ4n) is 3.78. The van der Waals surface area contributed by atoms with Crippen molar-refractivity contribution in [3.8, 4) is 5.75 Å². The third-order valence-corrected chi connectivity index (χ3v) is 6.03. The van der Waals surface area contributed by atoms with Crippen LogP contribution in [0.15, 0.2) is 48.5 Å². The quantitative estimate of drug-likeness (QED) is 0.725. The first-order valence-corrected chi connectivity index (χ1v) is 11.0. The molecule has 0 unspecified atom stereocenters. The van der Waals surface area contributed by atoms with Crippen molar-refractivity contribution in [3.05, 3.63) is 64.7 Å². The number of benzene rings is 2. The molecule has 0 aromatic heterocycles. The molecule has 1 saturated carbocycles. The van der Waals surface area contributed by atoms with Gasteiger partial charge in [0.1, 0.15) is 5.75 Å². The predicted octanol–water partition coefficient (Wildman–Crippen LogP) is 4.09. The third-order valence-electron chi connectivity index (χ3n) is 5.67. The van der Waals surface area contributed by atoms with Crippen molar-refractivity contribution < 1.29 is 14.3 Å². The van der Waals surface area contributed by atoms with Crippen molar-refractivity contribution in [3.63, 3.8) is 0 Å². The number of rotatable bonds is 7. The Morgan fingerprint density at radius 3 is 2.73 bits per heavy atom. The molecule has 1 N–H and O–H groups in total. The van der Waals surface area contributed by atoms with Crippen LogP contribution in [-0.4, -0.2) is 42.5 Å². The Morgan fingerprint density at radius 1 is 1.10 bits per heavy atom. The SMILES string of the molecule is O=C(NC1CC1)c1cccc(OC[C@H]2CCCN(C(=O)Cc3ccccc3Cl)C2)c1. The maximum Gasteiger partial charge on any atom is 0.251 e. The van der Waals surface area contributed by atoms with Gasteiger partial charge in [-0.05, 0) is 55.5 Å².